The lowest BCUT2D eigenvalue weighted by Gasteiger charge is -2.31. The Bertz CT molecular complexity index is 677. The molecule has 1 aliphatic heterocycles. The highest BCUT2D eigenvalue weighted by Crippen LogP contribution is 2.17. The van der Waals surface area contributed by atoms with Gasteiger partial charge in [-0.1, -0.05) is 36.4 Å². The topological polar surface area (TPSA) is 54.5 Å². The van der Waals surface area contributed by atoms with Crippen molar-refractivity contribution in [2.24, 2.45) is 0 Å². The van der Waals surface area contributed by atoms with Crippen LogP contribution < -0.4 is 5.32 Å². The van der Waals surface area contributed by atoms with Crippen LogP contribution in [0.5, 0.6) is 0 Å². The molecule has 0 aliphatic carbocycles. The summed E-state index contributed by atoms with van der Waals surface area (Å²) in [6, 6.07) is 16.2. The molecule has 0 saturated carbocycles. The first-order valence-corrected chi connectivity index (χ1v) is 9.84. The van der Waals surface area contributed by atoms with E-state index < -0.39 is 0 Å². The molecule has 1 saturated heterocycles. The van der Waals surface area contributed by atoms with Crippen LogP contribution in [0, 0.1) is 0 Å². The standard InChI is InChI=1S/C22H29N3O2.ClH/c26-22(12-16-27-18-19-7-2-1-3-8-19)25(17-20-9-4-5-14-24-20)21-10-6-13-23-15-11-21;/h1-5,7-9,14,21,23H,6,10-13,15-18H2;1H. The lowest BCUT2D eigenvalue weighted by atomic mass is 10.1. The van der Waals surface area contributed by atoms with Gasteiger partial charge in [0.1, 0.15) is 0 Å². The van der Waals surface area contributed by atoms with E-state index in [2.05, 4.69) is 10.3 Å². The third-order valence-corrected chi connectivity index (χ3v) is 4.94. The molecule has 1 aromatic heterocycles. The molecule has 0 spiro atoms. The van der Waals surface area contributed by atoms with E-state index in [1.165, 1.54) is 0 Å². The predicted molar refractivity (Wildman–Crippen MR) is 113 cm³/mol. The molecule has 152 valence electrons. The fraction of sp³-hybridized carbons (Fsp3) is 0.455. The maximum atomic E-state index is 13.0. The average Bonchev–Trinajstić information content (AvgIpc) is 3.00. The van der Waals surface area contributed by atoms with Crippen LogP contribution in [0.25, 0.3) is 0 Å². The maximum Gasteiger partial charge on any atom is 0.225 e. The number of amides is 1. The Labute approximate surface area is 173 Å². The minimum absolute atomic E-state index is 0. The van der Waals surface area contributed by atoms with E-state index in [-0.39, 0.29) is 24.4 Å². The number of hydrogen-bond acceptors (Lipinski definition) is 4. The molecule has 28 heavy (non-hydrogen) atoms. The molecule has 0 radical (unpaired) electrons. The lowest BCUT2D eigenvalue weighted by Crippen LogP contribution is -2.41. The first-order chi connectivity index (χ1) is 13.3. The SMILES string of the molecule is Cl.O=C(CCOCc1ccccc1)N(Cc1ccccn1)C1CCCNCC1. The monoisotopic (exact) mass is 403 g/mol. The van der Waals surface area contributed by atoms with Gasteiger partial charge < -0.3 is 15.0 Å². The summed E-state index contributed by atoms with van der Waals surface area (Å²) in [4.78, 5) is 19.4. The summed E-state index contributed by atoms with van der Waals surface area (Å²) in [5.41, 5.74) is 2.07. The molecule has 1 unspecified atom stereocenters. The normalized spacial score (nSPS) is 16.6. The molecule has 1 N–H and O–H groups in total. The predicted octanol–water partition coefficient (Wildman–Crippen LogP) is 3.58. The van der Waals surface area contributed by atoms with Crippen LogP contribution in [0.15, 0.2) is 54.7 Å². The Balaban J connectivity index is 0.00000280. The van der Waals surface area contributed by atoms with Crippen molar-refractivity contribution in [3.63, 3.8) is 0 Å². The van der Waals surface area contributed by atoms with Gasteiger partial charge in [-0.15, -0.1) is 12.4 Å². The zero-order valence-corrected chi connectivity index (χ0v) is 17.1. The maximum absolute atomic E-state index is 13.0. The zero-order chi connectivity index (χ0) is 18.7. The van der Waals surface area contributed by atoms with Gasteiger partial charge in [0.2, 0.25) is 5.91 Å². The highest BCUT2D eigenvalue weighted by Gasteiger charge is 2.24. The van der Waals surface area contributed by atoms with E-state index in [9.17, 15) is 4.79 Å². The third kappa shape index (κ3) is 7.23. The van der Waals surface area contributed by atoms with Gasteiger partial charge in [0.25, 0.3) is 0 Å². The summed E-state index contributed by atoms with van der Waals surface area (Å²) in [7, 11) is 0. The van der Waals surface area contributed by atoms with Crippen LogP contribution in [0.4, 0.5) is 0 Å². The van der Waals surface area contributed by atoms with Gasteiger partial charge in [-0.2, -0.15) is 0 Å². The number of carbonyl (C=O) groups is 1. The van der Waals surface area contributed by atoms with Crippen molar-refractivity contribution in [3.05, 3.63) is 66.0 Å². The fourth-order valence-corrected chi connectivity index (χ4v) is 3.47. The molecule has 1 fully saturated rings. The molecule has 5 nitrogen and oxygen atoms in total. The van der Waals surface area contributed by atoms with Gasteiger partial charge in [-0.25, -0.2) is 0 Å². The van der Waals surface area contributed by atoms with E-state index in [1.807, 2.05) is 53.4 Å². The molecule has 6 heteroatoms. The van der Waals surface area contributed by atoms with E-state index >= 15 is 0 Å². The van der Waals surface area contributed by atoms with Crippen LogP contribution in [0.1, 0.15) is 36.9 Å². The average molecular weight is 404 g/mol. The Kier molecular flexibility index (Phi) is 9.97. The number of nitrogens with one attached hydrogen (secondary N) is 1. The van der Waals surface area contributed by atoms with Gasteiger partial charge in [0, 0.05) is 12.2 Å². The second-order valence-corrected chi connectivity index (χ2v) is 6.97. The minimum Gasteiger partial charge on any atom is -0.376 e. The molecule has 0 bridgehead atoms. The number of aromatic nitrogens is 1. The fourth-order valence-electron chi connectivity index (χ4n) is 3.47. The third-order valence-electron chi connectivity index (χ3n) is 4.94. The second kappa shape index (κ2) is 12.5. The van der Waals surface area contributed by atoms with Crippen molar-refractivity contribution in [2.45, 2.75) is 44.9 Å². The molecule has 1 amide bonds. The largest absolute Gasteiger partial charge is 0.376 e. The minimum atomic E-state index is 0. The molecule has 2 aromatic rings. The Morgan fingerprint density at radius 2 is 1.93 bits per heavy atom. The number of pyridine rings is 1. The van der Waals surface area contributed by atoms with E-state index in [0.29, 0.717) is 26.2 Å². The van der Waals surface area contributed by atoms with Crippen molar-refractivity contribution in [1.82, 2.24) is 15.2 Å². The second-order valence-electron chi connectivity index (χ2n) is 6.97. The first kappa shape index (κ1) is 22.3. The van der Waals surface area contributed by atoms with Crippen LogP contribution >= 0.6 is 12.4 Å². The van der Waals surface area contributed by atoms with Gasteiger partial charge in [-0.3, -0.25) is 9.78 Å². The van der Waals surface area contributed by atoms with E-state index in [1.54, 1.807) is 6.20 Å². The number of nitrogens with zero attached hydrogens (tertiary/aromatic N) is 2. The summed E-state index contributed by atoms with van der Waals surface area (Å²) in [5, 5.41) is 3.43. The number of ether oxygens (including phenoxy) is 1. The molecule has 1 aromatic carbocycles. The molecule has 2 heterocycles. The smallest absolute Gasteiger partial charge is 0.225 e. The summed E-state index contributed by atoms with van der Waals surface area (Å²) in [5.74, 6) is 0.153. The molecular formula is C22H30ClN3O2. The summed E-state index contributed by atoms with van der Waals surface area (Å²) in [6.45, 7) is 3.55. The van der Waals surface area contributed by atoms with Crippen molar-refractivity contribution in [2.75, 3.05) is 19.7 Å². The van der Waals surface area contributed by atoms with Gasteiger partial charge in [-0.05, 0) is 50.0 Å². The van der Waals surface area contributed by atoms with Gasteiger partial charge >= 0.3 is 0 Å². The number of benzene rings is 1. The highest BCUT2D eigenvalue weighted by atomic mass is 35.5. The summed E-state index contributed by atoms with van der Waals surface area (Å²) < 4.78 is 5.73. The number of halogens is 1. The van der Waals surface area contributed by atoms with Crippen molar-refractivity contribution in [1.29, 1.82) is 0 Å². The lowest BCUT2D eigenvalue weighted by molar-refractivity contribution is -0.135. The zero-order valence-electron chi connectivity index (χ0n) is 16.3. The van der Waals surface area contributed by atoms with Gasteiger partial charge in [0.15, 0.2) is 0 Å². The summed E-state index contributed by atoms with van der Waals surface area (Å²) in [6.07, 6.45) is 5.32. The van der Waals surface area contributed by atoms with Crippen molar-refractivity contribution >= 4 is 18.3 Å². The van der Waals surface area contributed by atoms with Crippen molar-refractivity contribution in [3.8, 4) is 0 Å². The Morgan fingerprint density at radius 1 is 1.11 bits per heavy atom. The Morgan fingerprint density at radius 3 is 2.71 bits per heavy atom. The number of carbonyl (C=O) groups excluding carboxylic acids is 1. The molecule has 1 aliphatic rings. The van der Waals surface area contributed by atoms with Crippen LogP contribution in [-0.2, 0) is 22.7 Å². The van der Waals surface area contributed by atoms with Crippen molar-refractivity contribution < 1.29 is 9.53 Å². The van der Waals surface area contributed by atoms with E-state index in [0.717, 1.165) is 43.6 Å². The summed E-state index contributed by atoms with van der Waals surface area (Å²) >= 11 is 0. The molecular weight excluding hydrogens is 374 g/mol. The molecule has 3 rings (SSSR count). The van der Waals surface area contributed by atoms with Crippen LogP contribution in [0.3, 0.4) is 0 Å². The molecule has 1 atom stereocenters. The quantitative estimate of drug-likeness (QED) is 0.684. The van der Waals surface area contributed by atoms with Crippen LogP contribution in [-0.4, -0.2) is 41.5 Å². The number of hydrogen-bond donors (Lipinski definition) is 1. The first-order valence-electron chi connectivity index (χ1n) is 9.84. The van der Waals surface area contributed by atoms with Crippen LogP contribution in [0.2, 0.25) is 0 Å². The Hall–Kier alpha value is -1.95. The highest BCUT2D eigenvalue weighted by molar-refractivity contribution is 5.85. The van der Waals surface area contributed by atoms with E-state index in [4.69, 9.17) is 4.74 Å². The number of rotatable bonds is 8. The van der Waals surface area contributed by atoms with Gasteiger partial charge in [0.05, 0.1) is 31.9 Å².